The van der Waals surface area contributed by atoms with Crippen molar-refractivity contribution in [3.63, 3.8) is 0 Å². The SMILES string of the molecule is Cc1cccc(OC2CCN(C(=O)c3ccc(N(C)C)cc3)C2)n1. The molecule has 5 heteroatoms. The third-order valence-corrected chi connectivity index (χ3v) is 4.21. The molecule has 1 amide bonds. The van der Waals surface area contributed by atoms with Gasteiger partial charge in [-0.15, -0.1) is 0 Å². The fourth-order valence-electron chi connectivity index (χ4n) is 2.85. The van der Waals surface area contributed by atoms with E-state index in [4.69, 9.17) is 4.74 Å². The van der Waals surface area contributed by atoms with Gasteiger partial charge in [0.1, 0.15) is 6.10 Å². The number of benzene rings is 1. The minimum absolute atomic E-state index is 0.00398. The van der Waals surface area contributed by atoms with Gasteiger partial charge in [-0.2, -0.15) is 0 Å². The van der Waals surface area contributed by atoms with E-state index >= 15 is 0 Å². The smallest absolute Gasteiger partial charge is 0.253 e. The second kappa shape index (κ2) is 6.91. The average Bonchev–Trinajstić information content (AvgIpc) is 3.02. The van der Waals surface area contributed by atoms with Crippen molar-refractivity contribution < 1.29 is 9.53 Å². The number of aryl methyl sites for hydroxylation is 1. The Morgan fingerprint density at radius 3 is 2.62 bits per heavy atom. The van der Waals surface area contributed by atoms with Crippen molar-refractivity contribution in [1.82, 2.24) is 9.88 Å². The highest BCUT2D eigenvalue weighted by Gasteiger charge is 2.28. The zero-order valence-corrected chi connectivity index (χ0v) is 14.4. The molecule has 3 rings (SSSR count). The highest BCUT2D eigenvalue weighted by molar-refractivity contribution is 5.94. The molecule has 0 radical (unpaired) electrons. The summed E-state index contributed by atoms with van der Waals surface area (Å²) >= 11 is 0. The number of carbonyl (C=O) groups excluding carboxylic acids is 1. The van der Waals surface area contributed by atoms with Gasteiger partial charge in [-0.05, 0) is 37.3 Å². The van der Waals surface area contributed by atoms with Crippen molar-refractivity contribution in [1.29, 1.82) is 0 Å². The molecule has 1 aliphatic heterocycles. The summed E-state index contributed by atoms with van der Waals surface area (Å²) in [5.74, 6) is 0.688. The summed E-state index contributed by atoms with van der Waals surface area (Å²) in [7, 11) is 3.97. The minimum atomic E-state index is 0.00398. The van der Waals surface area contributed by atoms with Crippen LogP contribution in [-0.4, -0.2) is 49.1 Å². The van der Waals surface area contributed by atoms with E-state index in [2.05, 4.69) is 4.98 Å². The van der Waals surface area contributed by atoms with E-state index in [1.54, 1.807) is 0 Å². The van der Waals surface area contributed by atoms with Gasteiger partial charge in [-0.3, -0.25) is 4.79 Å². The largest absolute Gasteiger partial charge is 0.472 e. The van der Waals surface area contributed by atoms with Crippen LogP contribution in [0.1, 0.15) is 22.5 Å². The van der Waals surface area contributed by atoms with Gasteiger partial charge in [-0.1, -0.05) is 6.07 Å². The highest BCUT2D eigenvalue weighted by Crippen LogP contribution is 2.20. The van der Waals surface area contributed by atoms with Gasteiger partial charge in [-0.25, -0.2) is 4.98 Å². The molecule has 1 aromatic carbocycles. The first kappa shape index (κ1) is 16.3. The second-order valence-electron chi connectivity index (χ2n) is 6.34. The summed E-state index contributed by atoms with van der Waals surface area (Å²) in [6.45, 7) is 3.25. The van der Waals surface area contributed by atoms with Crippen LogP contribution in [0.3, 0.4) is 0 Å². The first-order valence-corrected chi connectivity index (χ1v) is 8.20. The Morgan fingerprint density at radius 1 is 1.21 bits per heavy atom. The van der Waals surface area contributed by atoms with Crippen LogP contribution < -0.4 is 9.64 Å². The number of amides is 1. The number of anilines is 1. The van der Waals surface area contributed by atoms with E-state index in [9.17, 15) is 4.79 Å². The molecule has 126 valence electrons. The Balaban J connectivity index is 1.61. The Kier molecular flexibility index (Phi) is 4.69. The summed E-state index contributed by atoms with van der Waals surface area (Å²) < 4.78 is 5.91. The molecule has 2 heterocycles. The molecule has 0 aliphatic carbocycles. The monoisotopic (exact) mass is 325 g/mol. The van der Waals surface area contributed by atoms with Gasteiger partial charge in [0.2, 0.25) is 5.88 Å². The quantitative estimate of drug-likeness (QED) is 0.867. The Morgan fingerprint density at radius 2 is 1.96 bits per heavy atom. The van der Waals surface area contributed by atoms with Crippen LogP contribution >= 0.6 is 0 Å². The van der Waals surface area contributed by atoms with Gasteiger partial charge in [0, 0.05) is 50.1 Å². The molecule has 0 saturated carbocycles. The molecule has 2 aromatic rings. The topological polar surface area (TPSA) is 45.7 Å². The predicted molar refractivity (Wildman–Crippen MR) is 94.7 cm³/mol. The summed E-state index contributed by atoms with van der Waals surface area (Å²) in [5.41, 5.74) is 2.73. The summed E-state index contributed by atoms with van der Waals surface area (Å²) in [4.78, 5) is 20.9. The lowest BCUT2D eigenvalue weighted by atomic mass is 10.2. The van der Waals surface area contributed by atoms with E-state index in [0.29, 0.717) is 19.0 Å². The second-order valence-corrected chi connectivity index (χ2v) is 6.34. The van der Waals surface area contributed by atoms with Crippen molar-refractivity contribution in [2.24, 2.45) is 0 Å². The minimum Gasteiger partial charge on any atom is -0.472 e. The molecule has 1 atom stereocenters. The molecule has 1 fully saturated rings. The zero-order chi connectivity index (χ0) is 17.1. The van der Waals surface area contributed by atoms with Crippen LogP contribution in [0.5, 0.6) is 5.88 Å². The van der Waals surface area contributed by atoms with Crippen LogP contribution in [-0.2, 0) is 0 Å². The molecule has 0 spiro atoms. The number of likely N-dealkylation sites (tertiary alicyclic amines) is 1. The molecule has 5 nitrogen and oxygen atoms in total. The summed E-state index contributed by atoms with van der Waals surface area (Å²) in [5, 5.41) is 0. The lowest BCUT2D eigenvalue weighted by Gasteiger charge is -2.18. The lowest BCUT2D eigenvalue weighted by molar-refractivity contribution is 0.0771. The molecule has 1 aliphatic rings. The molecular formula is C19H23N3O2. The first-order chi connectivity index (χ1) is 11.5. The fourth-order valence-corrected chi connectivity index (χ4v) is 2.85. The molecular weight excluding hydrogens is 302 g/mol. The molecule has 1 aromatic heterocycles. The number of rotatable bonds is 4. The molecule has 0 N–H and O–H groups in total. The summed E-state index contributed by atoms with van der Waals surface area (Å²) in [6, 6.07) is 13.4. The van der Waals surface area contributed by atoms with Crippen molar-refractivity contribution >= 4 is 11.6 Å². The number of hydrogen-bond acceptors (Lipinski definition) is 4. The number of carbonyl (C=O) groups is 1. The molecule has 1 saturated heterocycles. The standard InChI is InChI=1S/C19H23N3O2/c1-14-5-4-6-18(20-14)24-17-11-12-22(13-17)19(23)15-7-9-16(10-8-15)21(2)3/h4-10,17H,11-13H2,1-3H3. The molecule has 0 bridgehead atoms. The number of aromatic nitrogens is 1. The Bertz CT molecular complexity index is 713. The first-order valence-electron chi connectivity index (χ1n) is 8.20. The van der Waals surface area contributed by atoms with Gasteiger partial charge < -0.3 is 14.5 Å². The van der Waals surface area contributed by atoms with Crippen molar-refractivity contribution in [2.75, 3.05) is 32.1 Å². The van der Waals surface area contributed by atoms with Crippen LogP contribution in [0.4, 0.5) is 5.69 Å². The number of hydrogen-bond donors (Lipinski definition) is 0. The lowest BCUT2D eigenvalue weighted by Crippen LogP contribution is -2.31. The van der Waals surface area contributed by atoms with Crippen LogP contribution in [0, 0.1) is 6.92 Å². The maximum atomic E-state index is 12.6. The Hall–Kier alpha value is -2.56. The number of nitrogens with zero attached hydrogens (tertiary/aromatic N) is 3. The van der Waals surface area contributed by atoms with E-state index in [0.717, 1.165) is 23.4 Å². The van der Waals surface area contributed by atoms with Crippen LogP contribution in [0.15, 0.2) is 42.5 Å². The van der Waals surface area contributed by atoms with Gasteiger partial charge in [0.15, 0.2) is 0 Å². The number of pyridine rings is 1. The van der Waals surface area contributed by atoms with Crippen LogP contribution in [0.25, 0.3) is 0 Å². The fraction of sp³-hybridized carbons (Fsp3) is 0.368. The van der Waals surface area contributed by atoms with Crippen molar-refractivity contribution in [3.8, 4) is 5.88 Å². The maximum Gasteiger partial charge on any atom is 0.253 e. The summed E-state index contributed by atoms with van der Waals surface area (Å²) in [6.07, 6.45) is 0.834. The number of ether oxygens (including phenoxy) is 1. The van der Waals surface area contributed by atoms with E-state index in [1.165, 1.54) is 0 Å². The molecule has 24 heavy (non-hydrogen) atoms. The van der Waals surface area contributed by atoms with Gasteiger partial charge >= 0.3 is 0 Å². The van der Waals surface area contributed by atoms with E-state index in [-0.39, 0.29) is 12.0 Å². The third kappa shape index (κ3) is 3.67. The van der Waals surface area contributed by atoms with Gasteiger partial charge in [0.05, 0.1) is 6.54 Å². The van der Waals surface area contributed by atoms with E-state index in [1.807, 2.05) is 73.3 Å². The normalized spacial score (nSPS) is 17.0. The average molecular weight is 325 g/mol. The zero-order valence-electron chi connectivity index (χ0n) is 14.4. The third-order valence-electron chi connectivity index (χ3n) is 4.21. The van der Waals surface area contributed by atoms with Gasteiger partial charge in [0.25, 0.3) is 5.91 Å². The highest BCUT2D eigenvalue weighted by atomic mass is 16.5. The molecule has 1 unspecified atom stereocenters. The predicted octanol–water partition coefficient (Wildman–Crippen LogP) is 2.75. The maximum absolute atomic E-state index is 12.6. The van der Waals surface area contributed by atoms with Crippen LogP contribution in [0.2, 0.25) is 0 Å². The Labute approximate surface area is 142 Å². The van der Waals surface area contributed by atoms with Crippen molar-refractivity contribution in [3.05, 3.63) is 53.7 Å². The van der Waals surface area contributed by atoms with Crippen molar-refractivity contribution in [2.45, 2.75) is 19.4 Å². The van der Waals surface area contributed by atoms with E-state index < -0.39 is 0 Å².